The molecule has 0 N–H and O–H groups in total. The van der Waals surface area contributed by atoms with Gasteiger partial charge in [-0.25, -0.2) is 4.98 Å². The lowest BCUT2D eigenvalue weighted by Crippen LogP contribution is -2.51. The fourth-order valence-electron chi connectivity index (χ4n) is 6.64. The number of benzene rings is 1. The number of pyridine rings is 1. The Hall–Kier alpha value is -3.17. The van der Waals surface area contributed by atoms with E-state index in [-0.39, 0.29) is 11.5 Å². The molecular weight excluding hydrogens is 540 g/mol. The Balaban J connectivity index is 1.15. The van der Waals surface area contributed by atoms with Gasteiger partial charge in [0, 0.05) is 64.0 Å². The molecule has 1 aromatic carbocycles. The molecule has 0 radical (unpaired) electrons. The van der Waals surface area contributed by atoms with Crippen LogP contribution in [-0.2, 0) is 16.1 Å². The van der Waals surface area contributed by atoms with Gasteiger partial charge in [0.25, 0.3) is 0 Å². The Morgan fingerprint density at radius 1 is 1.07 bits per heavy atom. The van der Waals surface area contributed by atoms with Crippen LogP contribution in [0.25, 0.3) is 10.9 Å². The van der Waals surface area contributed by atoms with Crippen molar-refractivity contribution in [1.82, 2.24) is 24.6 Å². The predicted molar refractivity (Wildman–Crippen MR) is 172 cm³/mol. The van der Waals surface area contributed by atoms with Gasteiger partial charge in [-0.3, -0.25) is 14.4 Å². The second kappa shape index (κ2) is 14.1. The third-order valence-corrected chi connectivity index (χ3v) is 9.17. The Kier molecular flexibility index (Phi) is 10.2. The van der Waals surface area contributed by atoms with Crippen molar-refractivity contribution >= 4 is 22.6 Å². The number of nitrogens with zero attached hydrogens (tertiary/aromatic N) is 6. The highest BCUT2D eigenvalue weighted by atomic mass is 16.5. The molecule has 234 valence electrons. The van der Waals surface area contributed by atoms with Gasteiger partial charge in [-0.05, 0) is 83.1 Å². The van der Waals surface area contributed by atoms with Crippen LogP contribution in [0.1, 0.15) is 58.9 Å². The number of rotatable bonds is 11. The summed E-state index contributed by atoms with van der Waals surface area (Å²) in [6.07, 6.45) is 8.05. The molecule has 2 aromatic heterocycles. The molecule has 0 bridgehead atoms. The summed E-state index contributed by atoms with van der Waals surface area (Å²) < 4.78 is 13.1. The summed E-state index contributed by atoms with van der Waals surface area (Å²) >= 11 is 0. The highest BCUT2D eigenvalue weighted by molar-refractivity contribution is 5.89. The van der Waals surface area contributed by atoms with Gasteiger partial charge in [0.2, 0.25) is 5.91 Å². The number of piperazine rings is 1. The predicted octanol–water partition coefficient (Wildman–Crippen LogP) is 5.08. The average molecular weight is 591 g/mol. The number of anilines is 1. The maximum Gasteiger partial charge on any atom is 0.225 e. The largest absolute Gasteiger partial charge is 0.494 e. The van der Waals surface area contributed by atoms with Gasteiger partial charge in [0.1, 0.15) is 11.6 Å². The molecule has 2 fully saturated rings. The number of carbonyl (C=O) groups excluding carboxylic acids is 1. The van der Waals surface area contributed by atoms with Crippen molar-refractivity contribution in [2.24, 2.45) is 11.8 Å². The van der Waals surface area contributed by atoms with Crippen molar-refractivity contribution in [1.29, 1.82) is 0 Å². The zero-order valence-corrected chi connectivity index (χ0v) is 26.8. The number of amides is 1. The minimum Gasteiger partial charge on any atom is -0.494 e. The topological polar surface area (TPSA) is 76.0 Å². The van der Waals surface area contributed by atoms with Crippen molar-refractivity contribution in [2.75, 3.05) is 64.5 Å². The average Bonchev–Trinajstić information content (AvgIpc) is 3.42. The summed E-state index contributed by atoms with van der Waals surface area (Å²) in [5.41, 5.74) is 2.33. The highest BCUT2D eigenvalue weighted by Gasteiger charge is 2.33. The minimum atomic E-state index is 0.123. The molecule has 1 aliphatic carbocycles. The molecule has 0 unspecified atom stereocenters. The monoisotopic (exact) mass is 590 g/mol. The van der Waals surface area contributed by atoms with E-state index in [1.54, 1.807) is 7.11 Å². The Morgan fingerprint density at radius 3 is 2.53 bits per heavy atom. The molecular formula is C34H50N6O3. The first-order valence-electron chi connectivity index (χ1n) is 16.1. The SMILES string of the molecule is CCOc1cccc(Cn2ncc3c(N4CCN(C(=O)C5CCC(CN(CCOC)C(C)(C)C)CC5)CC4)nccc32)c1. The van der Waals surface area contributed by atoms with E-state index in [2.05, 4.69) is 47.6 Å². The molecule has 2 aliphatic rings. The third-order valence-electron chi connectivity index (χ3n) is 9.17. The highest BCUT2D eigenvalue weighted by Crippen LogP contribution is 2.33. The van der Waals surface area contributed by atoms with Gasteiger partial charge >= 0.3 is 0 Å². The fraction of sp³-hybridized carbons (Fsp3) is 0.618. The Morgan fingerprint density at radius 2 is 1.84 bits per heavy atom. The van der Waals surface area contributed by atoms with Gasteiger partial charge in [-0.1, -0.05) is 12.1 Å². The third kappa shape index (κ3) is 7.68. The van der Waals surface area contributed by atoms with E-state index in [9.17, 15) is 4.79 Å². The van der Waals surface area contributed by atoms with Gasteiger partial charge < -0.3 is 19.3 Å². The van der Waals surface area contributed by atoms with Crippen molar-refractivity contribution in [3.8, 4) is 5.75 Å². The van der Waals surface area contributed by atoms with Crippen LogP contribution in [0.5, 0.6) is 5.75 Å². The molecule has 3 aromatic rings. The second-order valence-electron chi connectivity index (χ2n) is 13.1. The fourth-order valence-corrected chi connectivity index (χ4v) is 6.64. The lowest BCUT2D eigenvalue weighted by atomic mass is 9.80. The number of hydrogen-bond donors (Lipinski definition) is 0. The number of hydrogen-bond acceptors (Lipinski definition) is 7. The smallest absolute Gasteiger partial charge is 0.225 e. The minimum absolute atomic E-state index is 0.123. The van der Waals surface area contributed by atoms with E-state index >= 15 is 0 Å². The summed E-state index contributed by atoms with van der Waals surface area (Å²) in [6.45, 7) is 16.0. The standard InChI is InChI=1S/C34H50N6O3/c1-6-43-29-9-7-8-27(22-29)25-40-31-14-15-35-32(30(31)23-36-40)37-16-18-38(19-17-37)33(41)28-12-10-26(11-13-28)24-39(20-21-42-5)34(2,3)4/h7-9,14-15,22-23,26,28H,6,10-13,16-21,24-25H2,1-5H3. The van der Waals surface area contributed by atoms with Crippen molar-refractivity contribution < 1.29 is 14.3 Å². The summed E-state index contributed by atoms with van der Waals surface area (Å²) in [5, 5.41) is 5.77. The number of carbonyl (C=O) groups is 1. The van der Waals surface area contributed by atoms with Crippen LogP contribution in [-0.4, -0.2) is 95.6 Å². The molecule has 9 nitrogen and oxygen atoms in total. The van der Waals surface area contributed by atoms with Crippen LogP contribution < -0.4 is 9.64 Å². The molecule has 5 rings (SSSR count). The first kappa shape index (κ1) is 31.3. The quantitative estimate of drug-likeness (QED) is 0.308. The lowest BCUT2D eigenvalue weighted by molar-refractivity contribution is -0.137. The maximum atomic E-state index is 13.5. The zero-order chi connectivity index (χ0) is 30.4. The lowest BCUT2D eigenvalue weighted by Gasteiger charge is -2.41. The van der Waals surface area contributed by atoms with E-state index in [0.29, 0.717) is 25.0 Å². The van der Waals surface area contributed by atoms with Gasteiger partial charge in [-0.15, -0.1) is 0 Å². The van der Waals surface area contributed by atoms with Crippen LogP contribution in [0.3, 0.4) is 0 Å². The van der Waals surface area contributed by atoms with Crippen LogP contribution in [0.4, 0.5) is 5.82 Å². The summed E-state index contributed by atoms with van der Waals surface area (Å²) in [7, 11) is 1.77. The van der Waals surface area contributed by atoms with Crippen LogP contribution >= 0.6 is 0 Å². The molecule has 9 heteroatoms. The van der Waals surface area contributed by atoms with E-state index in [4.69, 9.17) is 19.6 Å². The first-order chi connectivity index (χ1) is 20.8. The summed E-state index contributed by atoms with van der Waals surface area (Å²) in [5.74, 6) is 2.99. The Labute approximate surface area is 257 Å². The van der Waals surface area contributed by atoms with Crippen LogP contribution in [0.15, 0.2) is 42.7 Å². The van der Waals surface area contributed by atoms with E-state index < -0.39 is 0 Å². The molecule has 1 amide bonds. The van der Waals surface area contributed by atoms with Crippen molar-refractivity contribution in [3.63, 3.8) is 0 Å². The first-order valence-corrected chi connectivity index (χ1v) is 16.1. The van der Waals surface area contributed by atoms with E-state index in [0.717, 1.165) is 99.6 Å². The zero-order valence-electron chi connectivity index (χ0n) is 26.8. The molecule has 1 saturated carbocycles. The molecule has 3 heterocycles. The van der Waals surface area contributed by atoms with Gasteiger partial charge in [-0.2, -0.15) is 5.10 Å². The number of ether oxygens (including phenoxy) is 2. The van der Waals surface area contributed by atoms with Crippen LogP contribution in [0, 0.1) is 11.8 Å². The molecule has 1 saturated heterocycles. The molecule has 43 heavy (non-hydrogen) atoms. The second-order valence-corrected chi connectivity index (χ2v) is 13.1. The number of aromatic nitrogens is 3. The van der Waals surface area contributed by atoms with Crippen molar-refractivity contribution in [3.05, 3.63) is 48.3 Å². The summed E-state index contributed by atoms with van der Waals surface area (Å²) in [6, 6.07) is 10.2. The Bertz CT molecular complexity index is 1340. The summed E-state index contributed by atoms with van der Waals surface area (Å²) in [4.78, 5) is 25.2. The normalized spacial score (nSPS) is 19.8. The van der Waals surface area contributed by atoms with E-state index in [1.165, 1.54) is 0 Å². The van der Waals surface area contributed by atoms with Crippen LogP contribution in [0.2, 0.25) is 0 Å². The van der Waals surface area contributed by atoms with Gasteiger partial charge in [0.15, 0.2) is 0 Å². The van der Waals surface area contributed by atoms with Gasteiger partial charge in [0.05, 0.1) is 36.9 Å². The number of fused-ring (bicyclic) bond motifs is 1. The molecule has 0 atom stereocenters. The number of methoxy groups -OCH3 is 1. The maximum absolute atomic E-state index is 13.5. The molecule has 1 aliphatic heterocycles. The molecule has 0 spiro atoms. The van der Waals surface area contributed by atoms with Crippen molar-refractivity contribution in [2.45, 2.75) is 65.5 Å². The van der Waals surface area contributed by atoms with E-state index in [1.807, 2.05) is 42.2 Å².